The van der Waals surface area contributed by atoms with E-state index in [4.69, 9.17) is 4.74 Å². The van der Waals surface area contributed by atoms with Gasteiger partial charge in [-0.15, -0.1) is 0 Å². The molecule has 168 valence electrons. The summed E-state index contributed by atoms with van der Waals surface area (Å²) in [6, 6.07) is 6.57. The Bertz CT molecular complexity index is 844. The van der Waals surface area contributed by atoms with Gasteiger partial charge in [-0.1, -0.05) is 20.8 Å². The van der Waals surface area contributed by atoms with Crippen molar-refractivity contribution in [2.24, 2.45) is 17.3 Å². The van der Waals surface area contributed by atoms with E-state index in [0.717, 1.165) is 12.8 Å². The number of piperidine rings is 1. The van der Waals surface area contributed by atoms with Crippen LogP contribution in [0.3, 0.4) is 0 Å². The molecule has 1 aromatic rings. The summed E-state index contributed by atoms with van der Waals surface area (Å²) in [6.07, 6.45) is 2.20. The van der Waals surface area contributed by atoms with Gasteiger partial charge in [0.1, 0.15) is 0 Å². The largest absolute Gasteiger partial charge is 0.454 e. The van der Waals surface area contributed by atoms with Gasteiger partial charge in [0.15, 0.2) is 6.10 Å². The Morgan fingerprint density at radius 3 is 2.06 bits per heavy atom. The Labute approximate surface area is 183 Å². The highest BCUT2D eigenvalue weighted by Crippen LogP contribution is 2.32. The molecule has 2 aliphatic rings. The van der Waals surface area contributed by atoms with Crippen molar-refractivity contribution in [3.63, 3.8) is 0 Å². The van der Waals surface area contributed by atoms with Crippen molar-refractivity contribution in [1.29, 1.82) is 0 Å². The van der Waals surface area contributed by atoms with Crippen molar-refractivity contribution in [2.45, 2.75) is 59.5 Å². The van der Waals surface area contributed by atoms with E-state index in [9.17, 15) is 19.2 Å². The van der Waals surface area contributed by atoms with E-state index < -0.39 is 11.5 Å². The third-order valence-electron chi connectivity index (χ3n) is 5.84. The number of Topliss-reactive ketones (excluding diaryl/α,β-unsaturated/α-hetero) is 1. The second-order valence-electron chi connectivity index (χ2n) is 9.60. The molecule has 31 heavy (non-hydrogen) atoms. The monoisotopic (exact) mass is 428 g/mol. The number of benzene rings is 1. The highest BCUT2D eigenvalue weighted by molar-refractivity contribution is 6.01. The molecule has 7 heteroatoms. The van der Waals surface area contributed by atoms with Crippen molar-refractivity contribution in [1.82, 2.24) is 4.90 Å². The number of hydrogen-bond donors (Lipinski definition) is 1. The first kappa shape index (κ1) is 23.0. The molecule has 3 rings (SSSR count). The third kappa shape index (κ3) is 5.93. The third-order valence-corrected chi connectivity index (χ3v) is 5.84. The lowest BCUT2D eigenvalue weighted by Crippen LogP contribution is -2.42. The maximum absolute atomic E-state index is 12.7. The highest BCUT2D eigenvalue weighted by atomic mass is 16.5. The SMILES string of the molecule is CC(OC(=O)C1CCN(C(=O)C2CC2)CC1)C(=O)c1ccc(NC(=O)C(C)(C)C)cc1. The number of nitrogens with one attached hydrogen (secondary N) is 1. The van der Waals surface area contributed by atoms with E-state index in [-0.39, 0.29) is 35.4 Å². The van der Waals surface area contributed by atoms with E-state index in [1.807, 2.05) is 25.7 Å². The number of carbonyl (C=O) groups is 4. The first-order valence-corrected chi connectivity index (χ1v) is 11.0. The second-order valence-corrected chi connectivity index (χ2v) is 9.60. The lowest BCUT2D eigenvalue weighted by molar-refractivity contribution is -0.154. The Hall–Kier alpha value is -2.70. The molecule has 1 atom stereocenters. The van der Waals surface area contributed by atoms with E-state index in [1.54, 1.807) is 31.2 Å². The molecule has 0 bridgehead atoms. The lowest BCUT2D eigenvalue weighted by Gasteiger charge is -2.31. The number of rotatable bonds is 6. The van der Waals surface area contributed by atoms with Crippen LogP contribution in [-0.2, 0) is 19.1 Å². The van der Waals surface area contributed by atoms with Crippen LogP contribution in [0.25, 0.3) is 0 Å². The van der Waals surface area contributed by atoms with Gasteiger partial charge >= 0.3 is 5.97 Å². The number of esters is 1. The van der Waals surface area contributed by atoms with Crippen molar-refractivity contribution >= 4 is 29.3 Å². The zero-order valence-corrected chi connectivity index (χ0v) is 18.8. The average molecular weight is 429 g/mol. The number of carbonyl (C=O) groups excluding carboxylic acids is 4. The van der Waals surface area contributed by atoms with Crippen LogP contribution in [0.4, 0.5) is 5.69 Å². The molecule has 7 nitrogen and oxygen atoms in total. The van der Waals surface area contributed by atoms with Crippen molar-refractivity contribution in [2.75, 3.05) is 18.4 Å². The first-order valence-electron chi connectivity index (χ1n) is 11.0. The molecule has 0 radical (unpaired) electrons. The summed E-state index contributed by atoms with van der Waals surface area (Å²) >= 11 is 0. The molecule has 1 N–H and O–H groups in total. The standard InChI is InChI=1S/C24H32N2O5/c1-15(20(27)16-7-9-19(10-8-16)25-23(30)24(2,3)4)31-22(29)18-11-13-26(14-12-18)21(28)17-5-6-17/h7-10,15,17-18H,5-6,11-14H2,1-4H3,(H,25,30). The predicted molar refractivity (Wildman–Crippen MR) is 116 cm³/mol. The maximum atomic E-state index is 12.7. The molecular formula is C24H32N2O5. The number of amides is 2. The summed E-state index contributed by atoms with van der Waals surface area (Å²) in [5.41, 5.74) is 0.506. The number of nitrogens with zero attached hydrogens (tertiary/aromatic N) is 1. The van der Waals surface area contributed by atoms with Gasteiger partial charge in [-0.25, -0.2) is 0 Å². The van der Waals surface area contributed by atoms with Crippen LogP contribution in [0.5, 0.6) is 0 Å². The van der Waals surface area contributed by atoms with Gasteiger partial charge in [-0.2, -0.15) is 0 Å². The minimum atomic E-state index is -0.895. The summed E-state index contributed by atoms with van der Waals surface area (Å²) in [6.45, 7) is 8.18. The fraction of sp³-hybridized carbons (Fsp3) is 0.583. The minimum absolute atomic E-state index is 0.112. The van der Waals surface area contributed by atoms with Crippen LogP contribution in [0.2, 0.25) is 0 Å². The van der Waals surface area contributed by atoms with Gasteiger partial charge in [0, 0.05) is 35.7 Å². The van der Waals surface area contributed by atoms with Crippen LogP contribution >= 0.6 is 0 Å². The van der Waals surface area contributed by atoms with Gasteiger partial charge in [-0.05, 0) is 56.9 Å². The number of likely N-dealkylation sites (tertiary alicyclic amines) is 1. The van der Waals surface area contributed by atoms with Crippen molar-refractivity contribution in [3.8, 4) is 0 Å². The Kier molecular flexibility index (Phi) is 6.82. The summed E-state index contributed by atoms with van der Waals surface area (Å²) in [5.74, 6) is -0.670. The van der Waals surface area contributed by atoms with Crippen LogP contribution in [0.1, 0.15) is 63.7 Å². The second kappa shape index (κ2) is 9.20. The van der Waals surface area contributed by atoms with Gasteiger partial charge in [0.2, 0.25) is 17.6 Å². The fourth-order valence-corrected chi connectivity index (χ4v) is 3.52. The molecule has 2 fully saturated rings. The quantitative estimate of drug-likeness (QED) is 0.553. The Morgan fingerprint density at radius 2 is 1.55 bits per heavy atom. The first-order chi connectivity index (χ1) is 14.6. The zero-order chi connectivity index (χ0) is 22.8. The van der Waals surface area contributed by atoms with Gasteiger partial charge in [0.25, 0.3) is 0 Å². The normalized spacial score (nSPS) is 18.3. The van der Waals surface area contributed by atoms with E-state index in [1.165, 1.54) is 0 Å². The van der Waals surface area contributed by atoms with Gasteiger partial charge in [0.05, 0.1) is 5.92 Å². The lowest BCUT2D eigenvalue weighted by atomic mass is 9.95. The van der Waals surface area contributed by atoms with E-state index in [2.05, 4.69) is 5.32 Å². The fourth-order valence-electron chi connectivity index (χ4n) is 3.52. The van der Waals surface area contributed by atoms with E-state index >= 15 is 0 Å². The predicted octanol–water partition coefficient (Wildman–Crippen LogP) is 3.43. The summed E-state index contributed by atoms with van der Waals surface area (Å²) in [4.78, 5) is 51.2. The molecule has 0 spiro atoms. The summed E-state index contributed by atoms with van der Waals surface area (Å²) in [7, 11) is 0. The molecule has 1 heterocycles. The molecule has 1 aromatic carbocycles. The summed E-state index contributed by atoms with van der Waals surface area (Å²) in [5, 5.41) is 2.81. The molecule has 1 saturated heterocycles. The topological polar surface area (TPSA) is 92.8 Å². The minimum Gasteiger partial charge on any atom is -0.454 e. The van der Waals surface area contributed by atoms with Gasteiger partial charge in [-0.3, -0.25) is 19.2 Å². The number of ether oxygens (including phenoxy) is 1. The molecule has 0 aromatic heterocycles. The van der Waals surface area contributed by atoms with Crippen LogP contribution in [0.15, 0.2) is 24.3 Å². The number of hydrogen-bond acceptors (Lipinski definition) is 5. The molecule has 1 unspecified atom stereocenters. The maximum Gasteiger partial charge on any atom is 0.309 e. The summed E-state index contributed by atoms with van der Waals surface area (Å²) < 4.78 is 5.44. The number of anilines is 1. The van der Waals surface area contributed by atoms with Crippen molar-refractivity contribution < 1.29 is 23.9 Å². The molecular weight excluding hydrogens is 396 g/mol. The molecule has 1 aliphatic heterocycles. The van der Waals surface area contributed by atoms with Crippen LogP contribution in [0, 0.1) is 17.3 Å². The number of ketones is 1. The highest BCUT2D eigenvalue weighted by Gasteiger charge is 2.36. The smallest absolute Gasteiger partial charge is 0.309 e. The van der Waals surface area contributed by atoms with Gasteiger partial charge < -0.3 is 15.0 Å². The van der Waals surface area contributed by atoms with E-state index in [0.29, 0.717) is 37.2 Å². The van der Waals surface area contributed by atoms with Crippen LogP contribution < -0.4 is 5.32 Å². The zero-order valence-electron chi connectivity index (χ0n) is 18.8. The molecule has 1 saturated carbocycles. The average Bonchev–Trinajstić information content (AvgIpc) is 3.58. The molecule has 2 amide bonds. The van der Waals surface area contributed by atoms with Crippen molar-refractivity contribution in [3.05, 3.63) is 29.8 Å². The Balaban J connectivity index is 1.49. The Morgan fingerprint density at radius 1 is 0.968 bits per heavy atom. The molecule has 1 aliphatic carbocycles. The van der Waals surface area contributed by atoms with Crippen LogP contribution in [-0.4, -0.2) is 47.7 Å².